The third-order valence-electron chi connectivity index (χ3n) is 5.24. The number of carbonyl (C=O) groups excluding carboxylic acids is 1. The van der Waals surface area contributed by atoms with Crippen molar-refractivity contribution in [1.82, 2.24) is 5.32 Å². The van der Waals surface area contributed by atoms with E-state index in [1.54, 1.807) is 23.9 Å². The van der Waals surface area contributed by atoms with Crippen LogP contribution in [0.1, 0.15) is 35.4 Å². The number of halogens is 3. The van der Waals surface area contributed by atoms with Crippen molar-refractivity contribution in [2.24, 2.45) is 0 Å². The van der Waals surface area contributed by atoms with Gasteiger partial charge in [-0.25, -0.2) is 0 Å². The second-order valence-corrected chi connectivity index (χ2v) is 8.64. The van der Waals surface area contributed by atoms with Crippen LogP contribution in [0.2, 0.25) is 0 Å². The van der Waals surface area contributed by atoms with Gasteiger partial charge in [0.05, 0.1) is 5.56 Å². The van der Waals surface area contributed by atoms with Crippen LogP contribution in [0.3, 0.4) is 0 Å². The monoisotopic (exact) mass is 449 g/mol. The Morgan fingerprint density at radius 1 is 1.06 bits per heavy atom. The van der Waals surface area contributed by atoms with E-state index >= 15 is 0 Å². The maximum absolute atomic E-state index is 12.8. The molecule has 4 rings (SSSR count). The standard InChI is InChI=1S/C23H22F3NO3S/c24-23(25,26)18-3-1-2-15(8-18)13-31-7-6-27-19-9-17(10-20(28)12-19)16-4-5-21-22(11-16)30-14-29-21/h1-5,8,11-12,17,27H,6-7,9-10,13-14H2. The number of carbonyl (C=O) groups is 1. The van der Waals surface area contributed by atoms with Crippen molar-refractivity contribution in [1.29, 1.82) is 0 Å². The Bertz CT molecular complexity index is 990. The van der Waals surface area contributed by atoms with Crippen LogP contribution in [-0.4, -0.2) is 24.9 Å². The van der Waals surface area contributed by atoms with Crippen LogP contribution >= 0.6 is 11.8 Å². The topological polar surface area (TPSA) is 47.6 Å². The van der Waals surface area contributed by atoms with Crippen LogP contribution in [0.5, 0.6) is 11.5 Å². The lowest BCUT2D eigenvalue weighted by Gasteiger charge is -2.23. The molecular weight excluding hydrogens is 427 g/mol. The molecule has 1 unspecified atom stereocenters. The normalized spacial score (nSPS) is 18.1. The number of fused-ring (bicyclic) bond motifs is 1. The number of hydrogen-bond acceptors (Lipinski definition) is 5. The van der Waals surface area contributed by atoms with Gasteiger partial charge in [-0.2, -0.15) is 24.9 Å². The number of ether oxygens (including phenoxy) is 2. The zero-order chi connectivity index (χ0) is 21.8. The van der Waals surface area contributed by atoms with E-state index in [4.69, 9.17) is 9.47 Å². The minimum atomic E-state index is -4.32. The molecule has 4 nitrogen and oxygen atoms in total. The zero-order valence-corrected chi connectivity index (χ0v) is 17.5. The highest BCUT2D eigenvalue weighted by atomic mass is 32.2. The van der Waals surface area contributed by atoms with E-state index in [2.05, 4.69) is 5.32 Å². The van der Waals surface area contributed by atoms with Crippen molar-refractivity contribution < 1.29 is 27.4 Å². The van der Waals surface area contributed by atoms with Crippen molar-refractivity contribution in [3.63, 3.8) is 0 Å². The summed E-state index contributed by atoms with van der Waals surface area (Å²) in [7, 11) is 0. The summed E-state index contributed by atoms with van der Waals surface area (Å²) in [5.74, 6) is 2.80. The van der Waals surface area contributed by atoms with Crippen LogP contribution < -0.4 is 14.8 Å². The maximum Gasteiger partial charge on any atom is 0.416 e. The molecule has 1 atom stereocenters. The number of hydrogen-bond donors (Lipinski definition) is 1. The summed E-state index contributed by atoms with van der Waals surface area (Å²) in [6.45, 7) is 0.851. The molecule has 1 aliphatic heterocycles. The lowest BCUT2D eigenvalue weighted by Crippen LogP contribution is -2.23. The molecule has 0 spiro atoms. The fraction of sp³-hybridized carbons (Fsp3) is 0.348. The average molecular weight is 449 g/mol. The minimum absolute atomic E-state index is 0.0762. The van der Waals surface area contributed by atoms with Crippen LogP contribution in [0.25, 0.3) is 0 Å². The molecule has 0 bridgehead atoms. The van der Waals surface area contributed by atoms with Gasteiger partial charge < -0.3 is 14.8 Å². The number of alkyl halides is 3. The molecule has 2 aromatic carbocycles. The van der Waals surface area contributed by atoms with E-state index in [9.17, 15) is 18.0 Å². The Hall–Kier alpha value is -2.61. The van der Waals surface area contributed by atoms with Gasteiger partial charge in [0.25, 0.3) is 0 Å². The smallest absolute Gasteiger partial charge is 0.416 e. The van der Waals surface area contributed by atoms with Crippen molar-refractivity contribution in [2.75, 3.05) is 19.1 Å². The molecule has 1 aliphatic carbocycles. The largest absolute Gasteiger partial charge is 0.454 e. The minimum Gasteiger partial charge on any atom is -0.454 e. The fourth-order valence-corrected chi connectivity index (χ4v) is 4.54. The van der Waals surface area contributed by atoms with Gasteiger partial charge in [0.15, 0.2) is 17.3 Å². The number of rotatable bonds is 7. The predicted octanol–water partition coefficient (Wildman–Crippen LogP) is 5.29. The van der Waals surface area contributed by atoms with Crippen LogP contribution in [-0.2, 0) is 16.7 Å². The van der Waals surface area contributed by atoms with E-state index in [0.717, 1.165) is 35.3 Å². The lowest BCUT2D eigenvalue weighted by atomic mass is 9.85. The zero-order valence-electron chi connectivity index (χ0n) is 16.7. The van der Waals surface area contributed by atoms with E-state index in [1.165, 1.54) is 12.1 Å². The fourth-order valence-electron chi connectivity index (χ4n) is 3.73. The van der Waals surface area contributed by atoms with Crippen LogP contribution in [0.15, 0.2) is 54.2 Å². The van der Waals surface area contributed by atoms with Gasteiger partial charge in [0.2, 0.25) is 6.79 Å². The second-order valence-electron chi connectivity index (χ2n) is 7.53. The highest BCUT2D eigenvalue weighted by Crippen LogP contribution is 2.38. The molecule has 0 radical (unpaired) electrons. The van der Waals surface area contributed by atoms with Gasteiger partial charge in [-0.15, -0.1) is 0 Å². The molecule has 1 heterocycles. The van der Waals surface area contributed by atoms with E-state index < -0.39 is 11.7 Å². The summed E-state index contributed by atoms with van der Waals surface area (Å²) in [6, 6.07) is 11.2. The van der Waals surface area contributed by atoms with Gasteiger partial charge in [-0.05, 0) is 41.7 Å². The highest BCUT2D eigenvalue weighted by molar-refractivity contribution is 7.98. The first kappa shape index (κ1) is 21.6. The average Bonchev–Trinajstić information content (AvgIpc) is 3.21. The third-order valence-corrected chi connectivity index (χ3v) is 6.27. The molecule has 8 heteroatoms. The molecule has 2 aromatic rings. The van der Waals surface area contributed by atoms with Gasteiger partial charge in [-0.1, -0.05) is 24.3 Å². The maximum atomic E-state index is 12.8. The van der Waals surface area contributed by atoms with Gasteiger partial charge in [0, 0.05) is 36.2 Å². The second kappa shape index (κ2) is 9.26. The molecule has 1 N–H and O–H groups in total. The van der Waals surface area contributed by atoms with E-state index in [0.29, 0.717) is 30.0 Å². The Kier molecular flexibility index (Phi) is 6.46. The summed E-state index contributed by atoms with van der Waals surface area (Å²) in [4.78, 5) is 12.2. The highest BCUT2D eigenvalue weighted by Gasteiger charge is 2.30. The van der Waals surface area contributed by atoms with Crippen LogP contribution in [0.4, 0.5) is 13.2 Å². The predicted molar refractivity (Wildman–Crippen MR) is 113 cm³/mol. The summed E-state index contributed by atoms with van der Waals surface area (Å²) < 4.78 is 49.2. The molecule has 0 fully saturated rings. The summed E-state index contributed by atoms with van der Waals surface area (Å²) >= 11 is 1.55. The molecule has 2 aliphatic rings. The number of benzene rings is 2. The first-order chi connectivity index (χ1) is 14.9. The van der Waals surface area contributed by atoms with Gasteiger partial charge in [-0.3, -0.25) is 4.79 Å². The first-order valence-electron chi connectivity index (χ1n) is 9.99. The SMILES string of the molecule is O=C1C=C(NCCSCc2cccc(C(F)(F)F)c2)CC(c2ccc3c(c2)OCO3)C1. The molecular formula is C23H22F3NO3S. The summed E-state index contributed by atoms with van der Waals surface area (Å²) in [6.07, 6.45) is -1.49. The van der Waals surface area contributed by atoms with Crippen molar-refractivity contribution in [2.45, 2.75) is 30.7 Å². The molecule has 0 saturated heterocycles. The third kappa shape index (κ3) is 5.55. The van der Waals surface area contributed by atoms with Crippen molar-refractivity contribution in [3.8, 4) is 11.5 Å². The molecule has 0 aromatic heterocycles. The Labute approximate surface area is 182 Å². The lowest BCUT2D eigenvalue weighted by molar-refractivity contribution is -0.137. The molecule has 0 amide bonds. The Morgan fingerprint density at radius 2 is 1.90 bits per heavy atom. The Balaban J connectivity index is 1.26. The van der Waals surface area contributed by atoms with Crippen molar-refractivity contribution >= 4 is 17.5 Å². The van der Waals surface area contributed by atoms with E-state index in [-0.39, 0.29) is 18.5 Å². The van der Waals surface area contributed by atoms with Crippen molar-refractivity contribution in [3.05, 3.63) is 70.9 Å². The molecule has 31 heavy (non-hydrogen) atoms. The first-order valence-corrected chi connectivity index (χ1v) is 11.1. The molecule has 0 saturated carbocycles. The number of allylic oxidation sites excluding steroid dienone is 2. The summed E-state index contributed by atoms with van der Waals surface area (Å²) in [5.41, 5.74) is 1.96. The summed E-state index contributed by atoms with van der Waals surface area (Å²) in [5, 5.41) is 3.31. The number of nitrogens with one attached hydrogen (secondary N) is 1. The van der Waals surface area contributed by atoms with Gasteiger partial charge >= 0.3 is 6.18 Å². The quantitative estimate of drug-likeness (QED) is 0.583. The Morgan fingerprint density at radius 3 is 2.74 bits per heavy atom. The number of ketones is 1. The van der Waals surface area contributed by atoms with Gasteiger partial charge in [0.1, 0.15) is 0 Å². The number of thioether (sulfide) groups is 1. The molecule has 164 valence electrons. The van der Waals surface area contributed by atoms with Crippen LogP contribution in [0, 0.1) is 0 Å². The van der Waals surface area contributed by atoms with E-state index in [1.807, 2.05) is 18.2 Å².